The molecule has 0 N–H and O–H groups in total. The van der Waals surface area contributed by atoms with E-state index in [0.717, 1.165) is 21.7 Å². The molecule has 0 atom stereocenters. The summed E-state index contributed by atoms with van der Waals surface area (Å²) in [5, 5.41) is 14.9. The molecule has 5 aromatic rings. The van der Waals surface area contributed by atoms with Crippen LogP contribution in [0.5, 0.6) is 5.75 Å². The third kappa shape index (κ3) is 2.86. The number of para-hydroxylation sites is 1. The predicted molar refractivity (Wildman–Crippen MR) is 104 cm³/mol. The standard InChI is InChI=1S/C20H16N4O2S/c1-12-7-8-15(9-13(12)2)25-11-18-23-24-19(21-22-20(24)27-18)17-10-14-5-3-4-6-16(14)26-17/h3-10H,11H2,1-2H3. The second-order valence-corrected chi connectivity index (χ2v) is 7.44. The molecule has 0 aliphatic carbocycles. The highest BCUT2D eigenvalue weighted by atomic mass is 32.1. The van der Waals surface area contributed by atoms with Crippen LogP contribution >= 0.6 is 11.3 Å². The minimum absolute atomic E-state index is 0.385. The van der Waals surface area contributed by atoms with Gasteiger partial charge in [0.15, 0.2) is 10.8 Å². The third-order valence-electron chi connectivity index (χ3n) is 4.52. The maximum atomic E-state index is 5.89. The van der Waals surface area contributed by atoms with E-state index in [1.54, 1.807) is 4.52 Å². The zero-order valence-electron chi connectivity index (χ0n) is 14.8. The number of hydrogen-bond acceptors (Lipinski definition) is 6. The third-order valence-corrected chi connectivity index (χ3v) is 5.39. The number of furan rings is 1. The Kier molecular flexibility index (Phi) is 3.68. The van der Waals surface area contributed by atoms with Gasteiger partial charge in [-0.05, 0) is 49.2 Å². The van der Waals surface area contributed by atoms with E-state index in [0.29, 0.717) is 23.2 Å². The Morgan fingerprint density at radius 1 is 1.04 bits per heavy atom. The molecular weight excluding hydrogens is 360 g/mol. The summed E-state index contributed by atoms with van der Waals surface area (Å²) in [6.45, 7) is 4.54. The average Bonchev–Trinajstić information content (AvgIpc) is 3.35. The summed E-state index contributed by atoms with van der Waals surface area (Å²) in [4.78, 5) is 0.712. The molecule has 0 amide bonds. The quantitative estimate of drug-likeness (QED) is 0.451. The lowest BCUT2D eigenvalue weighted by molar-refractivity contribution is 0.304. The van der Waals surface area contributed by atoms with Crippen LogP contribution in [-0.4, -0.2) is 19.8 Å². The molecular formula is C20H16N4O2S. The number of nitrogens with zero attached hydrogens (tertiary/aromatic N) is 4. The van der Waals surface area contributed by atoms with Crippen LogP contribution in [-0.2, 0) is 6.61 Å². The van der Waals surface area contributed by atoms with Crippen molar-refractivity contribution in [3.8, 4) is 17.3 Å². The maximum absolute atomic E-state index is 5.89. The first-order valence-electron chi connectivity index (χ1n) is 8.57. The fourth-order valence-electron chi connectivity index (χ4n) is 2.91. The topological polar surface area (TPSA) is 65.5 Å². The van der Waals surface area contributed by atoms with Crippen LogP contribution in [0, 0.1) is 13.8 Å². The molecule has 0 spiro atoms. The Balaban J connectivity index is 1.43. The van der Waals surface area contributed by atoms with Crippen molar-refractivity contribution in [1.29, 1.82) is 0 Å². The highest BCUT2D eigenvalue weighted by Crippen LogP contribution is 2.28. The Labute approximate surface area is 159 Å². The number of benzene rings is 2. The maximum Gasteiger partial charge on any atom is 0.235 e. The minimum Gasteiger partial charge on any atom is -0.486 e. The van der Waals surface area contributed by atoms with Gasteiger partial charge in [-0.15, -0.1) is 10.2 Å². The summed E-state index contributed by atoms with van der Waals surface area (Å²) in [5.41, 5.74) is 3.27. The van der Waals surface area contributed by atoms with Crippen molar-refractivity contribution in [2.45, 2.75) is 20.5 Å². The summed E-state index contributed by atoms with van der Waals surface area (Å²) < 4.78 is 13.5. The molecule has 2 aromatic carbocycles. The molecule has 0 aliphatic rings. The predicted octanol–water partition coefficient (Wildman–Crippen LogP) is 4.79. The van der Waals surface area contributed by atoms with Crippen LogP contribution in [0.25, 0.3) is 27.5 Å². The minimum atomic E-state index is 0.385. The van der Waals surface area contributed by atoms with Gasteiger partial charge in [-0.1, -0.05) is 35.6 Å². The molecule has 0 fully saturated rings. The number of rotatable bonds is 4. The molecule has 0 radical (unpaired) electrons. The number of fused-ring (bicyclic) bond motifs is 2. The Morgan fingerprint density at radius 3 is 2.78 bits per heavy atom. The van der Waals surface area contributed by atoms with Gasteiger partial charge in [-0.2, -0.15) is 9.61 Å². The molecule has 0 unspecified atom stereocenters. The number of aromatic nitrogens is 4. The first-order valence-corrected chi connectivity index (χ1v) is 9.39. The van der Waals surface area contributed by atoms with Crippen molar-refractivity contribution in [2.75, 3.05) is 0 Å². The second-order valence-electron chi connectivity index (χ2n) is 6.40. The van der Waals surface area contributed by atoms with Gasteiger partial charge in [0.05, 0.1) is 0 Å². The summed E-state index contributed by atoms with van der Waals surface area (Å²) >= 11 is 1.46. The number of aryl methyl sites for hydroxylation is 2. The second kappa shape index (κ2) is 6.21. The van der Waals surface area contributed by atoms with Crippen LogP contribution in [0.4, 0.5) is 0 Å². The van der Waals surface area contributed by atoms with Gasteiger partial charge in [-0.25, -0.2) is 0 Å². The van der Waals surface area contributed by atoms with Crippen molar-refractivity contribution < 1.29 is 9.15 Å². The Morgan fingerprint density at radius 2 is 1.93 bits per heavy atom. The first-order chi connectivity index (χ1) is 13.2. The van der Waals surface area contributed by atoms with Crippen molar-refractivity contribution >= 4 is 27.3 Å². The zero-order valence-corrected chi connectivity index (χ0v) is 15.7. The van der Waals surface area contributed by atoms with E-state index in [9.17, 15) is 0 Å². The largest absolute Gasteiger partial charge is 0.486 e. The molecule has 27 heavy (non-hydrogen) atoms. The van der Waals surface area contributed by atoms with Crippen LogP contribution in [0.15, 0.2) is 52.9 Å². The van der Waals surface area contributed by atoms with E-state index in [2.05, 4.69) is 35.2 Å². The molecule has 0 saturated heterocycles. The molecule has 0 aliphatic heterocycles. The van der Waals surface area contributed by atoms with Crippen LogP contribution < -0.4 is 4.74 Å². The fourth-order valence-corrected chi connectivity index (χ4v) is 3.66. The van der Waals surface area contributed by atoms with Crippen LogP contribution in [0.1, 0.15) is 16.1 Å². The smallest absolute Gasteiger partial charge is 0.235 e. The molecule has 7 heteroatoms. The van der Waals surface area contributed by atoms with Gasteiger partial charge in [-0.3, -0.25) is 0 Å². The summed E-state index contributed by atoms with van der Waals surface area (Å²) in [5.74, 6) is 2.08. The van der Waals surface area contributed by atoms with Gasteiger partial charge >= 0.3 is 0 Å². The Hall–Kier alpha value is -3.19. The van der Waals surface area contributed by atoms with E-state index in [-0.39, 0.29) is 0 Å². The van der Waals surface area contributed by atoms with Gasteiger partial charge in [0.25, 0.3) is 0 Å². The van der Waals surface area contributed by atoms with Gasteiger partial charge in [0.1, 0.15) is 17.9 Å². The summed E-state index contributed by atoms with van der Waals surface area (Å²) in [6, 6.07) is 15.9. The van der Waals surface area contributed by atoms with E-state index in [1.807, 2.05) is 42.5 Å². The molecule has 6 nitrogen and oxygen atoms in total. The zero-order chi connectivity index (χ0) is 18.4. The highest BCUT2D eigenvalue weighted by Gasteiger charge is 2.17. The number of hydrogen-bond donors (Lipinski definition) is 0. The molecule has 134 valence electrons. The van der Waals surface area contributed by atoms with E-state index >= 15 is 0 Å². The van der Waals surface area contributed by atoms with E-state index in [4.69, 9.17) is 9.15 Å². The molecule has 0 bridgehead atoms. The summed E-state index contributed by atoms with van der Waals surface area (Å²) in [6.07, 6.45) is 0. The van der Waals surface area contributed by atoms with Crippen molar-refractivity contribution in [3.63, 3.8) is 0 Å². The molecule has 3 heterocycles. The van der Waals surface area contributed by atoms with Crippen molar-refractivity contribution in [3.05, 3.63) is 64.7 Å². The SMILES string of the molecule is Cc1ccc(OCc2nn3c(-c4cc5ccccc5o4)nnc3s2)cc1C. The van der Waals surface area contributed by atoms with Crippen molar-refractivity contribution in [2.24, 2.45) is 0 Å². The fraction of sp³-hybridized carbons (Fsp3) is 0.150. The first kappa shape index (κ1) is 16.0. The molecule has 3 aromatic heterocycles. The Bertz CT molecular complexity index is 1230. The average molecular weight is 376 g/mol. The molecule has 5 rings (SSSR count). The van der Waals surface area contributed by atoms with Gasteiger partial charge in [0, 0.05) is 5.39 Å². The van der Waals surface area contributed by atoms with Gasteiger partial charge < -0.3 is 9.15 Å². The lowest BCUT2D eigenvalue weighted by atomic mass is 10.1. The lowest BCUT2D eigenvalue weighted by Crippen LogP contribution is -1.97. The van der Waals surface area contributed by atoms with Crippen molar-refractivity contribution in [1.82, 2.24) is 19.8 Å². The monoisotopic (exact) mass is 376 g/mol. The van der Waals surface area contributed by atoms with E-state index in [1.165, 1.54) is 22.5 Å². The summed E-state index contributed by atoms with van der Waals surface area (Å²) in [7, 11) is 0. The highest BCUT2D eigenvalue weighted by molar-refractivity contribution is 7.16. The molecule has 0 saturated carbocycles. The normalized spacial score (nSPS) is 11.5. The van der Waals surface area contributed by atoms with Crippen LogP contribution in [0.2, 0.25) is 0 Å². The van der Waals surface area contributed by atoms with Crippen LogP contribution in [0.3, 0.4) is 0 Å². The van der Waals surface area contributed by atoms with E-state index < -0.39 is 0 Å². The van der Waals surface area contributed by atoms with Gasteiger partial charge in [0.2, 0.25) is 10.8 Å². The number of ether oxygens (including phenoxy) is 1. The lowest BCUT2D eigenvalue weighted by Gasteiger charge is -2.06.